The summed E-state index contributed by atoms with van der Waals surface area (Å²) in [5, 5.41) is 0. The Morgan fingerprint density at radius 1 is 1.38 bits per heavy atom. The topological polar surface area (TPSA) is 67.5 Å². The number of aromatic amines is 1. The van der Waals surface area contributed by atoms with Crippen LogP contribution in [0.15, 0.2) is 24.3 Å². The van der Waals surface area contributed by atoms with Crippen molar-refractivity contribution < 1.29 is 14.3 Å². The quantitative estimate of drug-likeness (QED) is 0.893. The zero-order chi connectivity index (χ0) is 17.9. The fourth-order valence-corrected chi connectivity index (χ4v) is 3.92. The van der Waals surface area contributed by atoms with Crippen molar-refractivity contribution in [1.82, 2.24) is 14.9 Å². The lowest BCUT2D eigenvalue weighted by Gasteiger charge is -2.33. The van der Waals surface area contributed by atoms with Gasteiger partial charge in [-0.05, 0) is 44.7 Å². The average molecular weight is 357 g/mol. The second kappa shape index (κ2) is 7.76. The molecule has 3 atom stereocenters. The summed E-state index contributed by atoms with van der Waals surface area (Å²) in [4.78, 5) is 22.9. The molecule has 6 nitrogen and oxygen atoms in total. The normalized spacial score (nSPS) is 24.9. The Labute approximate surface area is 153 Å². The molecule has 3 heterocycles. The van der Waals surface area contributed by atoms with E-state index >= 15 is 0 Å². The number of piperidine rings is 1. The predicted molar refractivity (Wildman–Crippen MR) is 99.0 cm³/mol. The van der Waals surface area contributed by atoms with Crippen LogP contribution >= 0.6 is 0 Å². The van der Waals surface area contributed by atoms with Crippen LogP contribution in [0.1, 0.15) is 44.3 Å². The number of benzene rings is 1. The molecule has 2 fully saturated rings. The highest BCUT2D eigenvalue weighted by Gasteiger charge is 2.30. The molecule has 4 rings (SSSR count). The van der Waals surface area contributed by atoms with E-state index in [0.717, 1.165) is 55.7 Å². The number of nitrogens with one attached hydrogen (secondary N) is 1. The van der Waals surface area contributed by atoms with Gasteiger partial charge in [-0.15, -0.1) is 0 Å². The zero-order valence-electron chi connectivity index (χ0n) is 15.3. The molecule has 0 radical (unpaired) electrons. The molecule has 6 heteroatoms. The molecule has 1 amide bonds. The Hall–Kier alpha value is -1.92. The number of carbonyl (C=O) groups is 1. The van der Waals surface area contributed by atoms with Gasteiger partial charge in [-0.1, -0.05) is 12.1 Å². The molecule has 0 spiro atoms. The number of rotatable bonds is 5. The van der Waals surface area contributed by atoms with E-state index in [9.17, 15) is 4.79 Å². The monoisotopic (exact) mass is 357 g/mol. The van der Waals surface area contributed by atoms with Crippen LogP contribution in [0.3, 0.4) is 0 Å². The first kappa shape index (κ1) is 17.5. The van der Waals surface area contributed by atoms with Gasteiger partial charge < -0.3 is 19.4 Å². The van der Waals surface area contributed by atoms with E-state index in [4.69, 9.17) is 14.5 Å². The van der Waals surface area contributed by atoms with E-state index in [1.54, 1.807) is 0 Å². The van der Waals surface area contributed by atoms with Crippen molar-refractivity contribution in [3.63, 3.8) is 0 Å². The van der Waals surface area contributed by atoms with Crippen molar-refractivity contribution in [2.75, 3.05) is 26.3 Å². The zero-order valence-corrected chi connectivity index (χ0v) is 15.3. The molecule has 2 aromatic rings. The Morgan fingerprint density at radius 3 is 3.08 bits per heavy atom. The SMILES string of the molecule is C[C@H](OC[C@@H]1CCCO1)C(=O)N1CCC[C@H](c2nc3ccccc3[nH]2)C1. The van der Waals surface area contributed by atoms with Crippen LogP contribution in [0, 0.1) is 0 Å². The van der Waals surface area contributed by atoms with Crippen LogP contribution in [0.5, 0.6) is 0 Å². The van der Waals surface area contributed by atoms with Gasteiger partial charge in [0.2, 0.25) is 0 Å². The summed E-state index contributed by atoms with van der Waals surface area (Å²) in [5.74, 6) is 1.31. The lowest BCUT2D eigenvalue weighted by atomic mass is 9.97. The molecular formula is C20H27N3O3. The van der Waals surface area contributed by atoms with Crippen LogP contribution in [0.25, 0.3) is 11.0 Å². The number of aromatic nitrogens is 2. The number of H-pyrrole nitrogens is 1. The molecule has 0 saturated carbocycles. The van der Waals surface area contributed by atoms with Crippen molar-refractivity contribution in [2.45, 2.75) is 50.7 Å². The molecule has 1 aromatic carbocycles. The first-order valence-corrected chi connectivity index (χ1v) is 9.67. The first-order chi connectivity index (χ1) is 12.7. The molecule has 26 heavy (non-hydrogen) atoms. The summed E-state index contributed by atoms with van der Waals surface area (Å²) < 4.78 is 11.4. The van der Waals surface area contributed by atoms with Gasteiger partial charge in [0.15, 0.2) is 0 Å². The summed E-state index contributed by atoms with van der Waals surface area (Å²) in [5.41, 5.74) is 2.04. The van der Waals surface area contributed by atoms with E-state index < -0.39 is 6.10 Å². The molecular weight excluding hydrogens is 330 g/mol. The highest BCUT2D eigenvalue weighted by Crippen LogP contribution is 2.27. The molecule has 0 aliphatic carbocycles. The number of imidazole rings is 1. The Kier molecular flexibility index (Phi) is 5.22. The second-order valence-electron chi connectivity index (χ2n) is 7.37. The number of hydrogen-bond donors (Lipinski definition) is 1. The summed E-state index contributed by atoms with van der Waals surface area (Å²) in [7, 11) is 0. The molecule has 140 valence electrons. The van der Waals surface area contributed by atoms with Gasteiger partial charge in [0, 0.05) is 25.6 Å². The van der Waals surface area contributed by atoms with E-state index in [1.165, 1.54) is 0 Å². The number of likely N-dealkylation sites (tertiary alicyclic amines) is 1. The number of carbonyl (C=O) groups excluding carboxylic acids is 1. The van der Waals surface area contributed by atoms with E-state index in [1.807, 2.05) is 36.1 Å². The molecule has 2 aliphatic rings. The number of amides is 1. The van der Waals surface area contributed by atoms with Crippen LogP contribution in [-0.2, 0) is 14.3 Å². The Morgan fingerprint density at radius 2 is 2.27 bits per heavy atom. The molecule has 1 aromatic heterocycles. The number of nitrogens with zero attached hydrogens (tertiary/aromatic N) is 2. The largest absolute Gasteiger partial charge is 0.376 e. The van der Waals surface area contributed by atoms with Crippen LogP contribution < -0.4 is 0 Å². The fraction of sp³-hybridized carbons (Fsp3) is 0.600. The summed E-state index contributed by atoms with van der Waals surface area (Å²) in [6.45, 7) is 4.66. The summed E-state index contributed by atoms with van der Waals surface area (Å²) in [6, 6.07) is 8.06. The van der Waals surface area contributed by atoms with Gasteiger partial charge in [-0.25, -0.2) is 4.98 Å². The number of fused-ring (bicyclic) bond motifs is 1. The third kappa shape index (κ3) is 3.76. The molecule has 0 unspecified atom stereocenters. The van der Waals surface area contributed by atoms with Crippen molar-refractivity contribution in [3.8, 4) is 0 Å². The summed E-state index contributed by atoms with van der Waals surface area (Å²) >= 11 is 0. The highest BCUT2D eigenvalue weighted by atomic mass is 16.5. The smallest absolute Gasteiger partial charge is 0.251 e. The fourth-order valence-electron chi connectivity index (χ4n) is 3.92. The minimum absolute atomic E-state index is 0.0730. The summed E-state index contributed by atoms with van der Waals surface area (Å²) in [6.07, 6.45) is 3.88. The van der Waals surface area contributed by atoms with Crippen molar-refractivity contribution >= 4 is 16.9 Å². The standard InChI is InChI=1S/C20H27N3O3/c1-14(26-13-16-7-5-11-25-16)20(24)23-10-4-6-15(12-23)19-21-17-8-2-3-9-18(17)22-19/h2-3,8-9,14-16H,4-7,10-13H2,1H3,(H,21,22)/t14-,15-,16-/m0/s1. The van der Waals surface area contributed by atoms with E-state index in [-0.39, 0.29) is 17.9 Å². The maximum atomic E-state index is 12.8. The Balaban J connectivity index is 1.36. The lowest BCUT2D eigenvalue weighted by molar-refractivity contribution is -0.145. The highest BCUT2D eigenvalue weighted by molar-refractivity contribution is 5.80. The second-order valence-corrected chi connectivity index (χ2v) is 7.37. The Bertz CT molecular complexity index is 721. The van der Waals surface area contributed by atoms with Gasteiger partial charge in [-0.2, -0.15) is 0 Å². The number of ether oxygens (including phenoxy) is 2. The average Bonchev–Trinajstić information content (AvgIpc) is 3.35. The minimum atomic E-state index is -0.423. The maximum absolute atomic E-state index is 12.8. The first-order valence-electron chi connectivity index (χ1n) is 9.67. The van der Waals surface area contributed by atoms with Crippen molar-refractivity contribution in [2.24, 2.45) is 0 Å². The molecule has 0 bridgehead atoms. The van der Waals surface area contributed by atoms with Crippen molar-refractivity contribution in [1.29, 1.82) is 0 Å². The van der Waals surface area contributed by atoms with Gasteiger partial charge in [0.1, 0.15) is 11.9 Å². The molecule has 2 saturated heterocycles. The van der Waals surface area contributed by atoms with Crippen LogP contribution in [0.2, 0.25) is 0 Å². The van der Waals surface area contributed by atoms with Crippen LogP contribution in [0.4, 0.5) is 0 Å². The number of hydrogen-bond acceptors (Lipinski definition) is 4. The predicted octanol–water partition coefficient (Wildman–Crippen LogP) is 2.85. The number of para-hydroxylation sites is 2. The van der Waals surface area contributed by atoms with E-state index in [2.05, 4.69) is 4.98 Å². The van der Waals surface area contributed by atoms with Gasteiger partial charge >= 0.3 is 0 Å². The van der Waals surface area contributed by atoms with Gasteiger partial charge in [0.05, 0.1) is 23.7 Å². The third-order valence-corrected chi connectivity index (χ3v) is 5.43. The third-order valence-electron chi connectivity index (χ3n) is 5.43. The van der Waals surface area contributed by atoms with Gasteiger partial charge in [-0.3, -0.25) is 4.79 Å². The molecule has 2 aliphatic heterocycles. The maximum Gasteiger partial charge on any atom is 0.251 e. The van der Waals surface area contributed by atoms with Gasteiger partial charge in [0.25, 0.3) is 5.91 Å². The van der Waals surface area contributed by atoms with Crippen LogP contribution in [-0.4, -0.2) is 59.3 Å². The minimum Gasteiger partial charge on any atom is -0.376 e. The van der Waals surface area contributed by atoms with E-state index in [0.29, 0.717) is 13.2 Å². The lowest BCUT2D eigenvalue weighted by Crippen LogP contribution is -2.45. The van der Waals surface area contributed by atoms with Crippen molar-refractivity contribution in [3.05, 3.63) is 30.1 Å². The molecule has 1 N–H and O–H groups in total.